The highest BCUT2D eigenvalue weighted by Crippen LogP contribution is 2.30. The number of rotatable bonds is 5. The summed E-state index contributed by atoms with van der Waals surface area (Å²) in [5.41, 5.74) is 6.99. The molecule has 7 heteroatoms. The van der Waals surface area contributed by atoms with Crippen LogP contribution < -0.4 is 15.8 Å². The van der Waals surface area contributed by atoms with E-state index in [-0.39, 0.29) is 36.2 Å². The van der Waals surface area contributed by atoms with E-state index < -0.39 is 0 Å². The zero-order valence-electron chi connectivity index (χ0n) is 14.4. The van der Waals surface area contributed by atoms with E-state index in [1.165, 1.54) is 4.90 Å². The Balaban J connectivity index is 0.00000288. The first-order valence-corrected chi connectivity index (χ1v) is 7.97. The zero-order chi connectivity index (χ0) is 17.0. The number of anilines is 1. The number of hydrogen-bond acceptors (Lipinski definition) is 4. The van der Waals surface area contributed by atoms with Crippen molar-refractivity contribution in [2.24, 2.45) is 11.7 Å². The average Bonchev–Trinajstić information content (AvgIpc) is 2.95. The summed E-state index contributed by atoms with van der Waals surface area (Å²) in [6.07, 6.45) is 2.41. The van der Waals surface area contributed by atoms with Crippen LogP contribution in [-0.2, 0) is 4.79 Å². The molecule has 24 heavy (non-hydrogen) atoms. The highest BCUT2D eigenvalue weighted by molar-refractivity contribution is 5.97. The topological polar surface area (TPSA) is 84.7 Å². The molecule has 2 atom stereocenters. The summed E-state index contributed by atoms with van der Waals surface area (Å²) >= 11 is 0. The molecule has 134 valence electrons. The summed E-state index contributed by atoms with van der Waals surface area (Å²) in [4.78, 5) is 25.9. The van der Waals surface area contributed by atoms with Crippen molar-refractivity contribution >= 4 is 29.9 Å². The van der Waals surface area contributed by atoms with E-state index in [4.69, 9.17) is 10.5 Å². The largest absolute Gasteiger partial charge is 0.492 e. The number of hydrogen-bond donors (Lipinski definition) is 2. The summed E-state index contributed by atoms with van der Waals surface area (Å²) < 4.78 is 5.58. The molecule has 1 aliphatic rings. The highest BCUT2D eigenvalue weighted by Gasteiger charge is 2.28. The summed E-state index contributed by atoms with van der Waals surface area (Å²) in [6, 6.07) is 5.19. The first-order valence-electron chi connectivity index (χ1n) is 7.97. The third kappa shape index (κ3) is 4.85. The van der Waals surface area contributed by atoms with E-state index in [9.17, 15) is 9.59 Å². The minimum absolute atomic E-state index is 0. The van der Waals surface area contributed by atoms with Crippen LogP contribution in [0.15, 0.2) is 18.2 Å². The maximum Gasteiger partial charge on any atom is 0.253 e. The smallest absolute Gasteiger partial charge is 0.253 e. The second kappa shape index (κ2) is 8.89. The van der Waals surface area contributed by atoms with Gasteiger partial charge in [0.2, 0.25) is 5.91 Å². The molecule has 3 N–H and O–H groups in total. The van der Waals surface area contributed by atoms with Crippen LogP contribution >= 0.6 is 12.4 Å². The van der Waals surface area contributed by atoms with Crippen molar-refractivity contribution in [1.29, 1.82) is 0 Å². The van der Waals surface area contributed by atoms with E-state index in [0.29, 0.717) is 30.0 Å². The molecule has 1 aromatic carbocycles. The lowest BCUT2D eigenvalue weighted by molar-refractivity contribution is -0.119. The number of halogens is 1. The van der Waals surface area contributed by atoms with Gasteiger partial charge in [0, 0.05) is 31.6 Å². The van der Waals surface area contributed by atoms with Crippen molar-refractivity contribution in [3.63, 3.8) is 0 Å². The van der Waals surface area contributed by atoms with Crippen LogP contribution in [0.5, 0.6) is 5.75 Å². The predicted octanol–water partition coefficient (Wildman–Crippen LogP) is 2.27. The number of carbonyl (C=O) groups is 2. The fourth-order valence-corrected chi connectivity index (χ4v) is 2.78. The van der Waals surface area contributed by atoms with E-state index in [2.05, 4.69) is 5.32 Å². The van der Waals surface area contributed by atoms with Crippen LogP contribution in [0.3, 0.4) is 0 Å². The normalized spacial score (nSPS) is 19.3. The molecule has 0 bridgehead atoms. The molecule has 1 aliphatic carbocycles. The Morgan fingerprint density at radius 2 is 2.04 bits per heavy atom. The lowest BCUT2D eigenvalue weighted by Gasteiger charge is -2.16. The highest BCUT2D eigenvalue weighted by atomic mass is 35.5. The number of amides is 2. The third-order valence-corrected chi connectivity index (χ3v) is 4.04. The zero-order valence-corrected chi connectivity index (χ0v) is 15.2. The number of carbonyl (C=O) groups excluding carboxylic acids is 2. The molecule has 2 rings (SSSR count). The number of benzene rings is 1. The number of nitrogens with zero attached hydrogens (tertiary/aromatic N) is 1. The van der Waals surface area contributed by atoms with E-state index in [0.717, 1.165) is 12.8 Å². The second-order valence-corrected chi connectivity index (χ2v) is 6.10. The maximum atomic E-state index is 12.3. The molecule has 0 radical (unpaired) electrons. The first-order chi connectivity index (χ1) is 10.9. The Morgan fingerprint density at radius 3 is 2.58 bits per heavy atom. The maximum absolute atomic E-state index is 12.3. The molecule has 0 aromatic heterocycles. The standard InChI is InChI=1S/C17H25N3O3.ClH/c1-4-23-15-10-12(17(22)20(2)3)6-8-14(15)19-16(21)11-5-7-13(18)9-11;/h6,8,10-11,13H,4-5,7,9,18H2,1-3H3,(H,19,21);1H. The second-order valence-electron chi connectivity index (χ2n) is 6.10. The van der Waals surface area contributed by atoms with Gasteiger partial charge in [-0.1, -0.05) is 0 Å². The average molecular weight is 356 g/mol. The minimum atomic E-state index is -0.106. The molecule has 0 heterocycles. The van der Waals surface area contributed by atoms with Crippen molar-refractivity contribution in [2.45, 2.75) is 32.2 Å². The van der Waals surface area contributed by atoms with E-state index in [1.54, 1.807) is 32.3 Å². The van der Waals surface area contributed by atoms with Gasteiger partial charge >= 0.3 is 0 Å². The summed E-state index contributed by atoms with van der Waals surface area (Å²) in [5, 5.41) is 2.91. The van der Waals surface area contributed by atoms with Crippen molar-refractivity contribution in [3.8, 4) is 5.75 Å². The van der Waals surface area contributed by atoms with Gasteiger partial charge in [-0.15, -0.1) is 12.4 Å². The Labute approximate surface area is 149 Å². The fourth-order valence-electron chi connectivity index (χ4n) is 2.78. The van der Waals surface area contributed by atoms with E-state index >= 15 is 0 Å². The van der Waals surface area contributed by atoms with Crippen molar-refractivity contribution in [1.82, 2.24) is 4.90 Å². The van der Waals surface area contributed by atoms with Gasteiger partial charge in [0.15, 0.2) is 0 Å². The SMILES string of the molecule is CCOc1cc(C(=O)N(C)C)ccc1NC(=O)C1CCC(N)C1.Cl. The van der Waals surface area contributed by atoms with Crippen LogP contribution in [0.4, 0.5) is 5.69 Å². The first kappa shape index (κ1) is 20.3. The van der Waals surface area contributed by atoms with Crippen LogP contribution in [0.25, 0.3) is 0 Å². The lowest BCUT2D eigenvalue weighted by Crippen LogP contribution is -2.24. The molecule has 1 aromatic rings. The van der Waals surface area contributed by atoms with Gasteiger partial charge < -0.3 is 20.7 Å². The van der Waals surface area contributed by atoms with Gasteiger partial charge in [0.05, 0.1) is 12.3 Å². The molecule has 0 saturated heterocycles. The van der Waals surface area contributed by atoms with Crippen LogP contribution in [0.1, 0.15) is 36.5 Å². The summed E-state index contributed by atoms with van der Waals surface area (Å²) in [7, 11) is 3.39. The number of nitrogens with one attached hydrogen (secondary N) is 1. The Morgan fingerprint density at radius 1 is 1.33 bits per heavy atom. The Kier molecular flexibility index (Phi) is 7.51. The predicted molar refractivity (Wildman–Crippen MR) is 96.8 cm³/mol. The molecule has 0 aliphatic heterocycles. The summed E-state index contributed by atoms with van der Waals surface area (Å²) in [5.74, 6) is 0.314. The lowest BCUT2D eigenvalue weighted by atomic mass is 10.1. The van der Waals surface area contributed by atoms with Gasteiger partial charge in [0.1, 0.15) is 5.75 Å². The quantitative estimate of drug-likeness (QED) is 0.848. The monoisotopic (exact) mass is 355 g/mol. The number of ether oxygens (including phenoxy) is 1. The van der Waals surface area contributed by atoms with E-state index in [1.807, 2.05) is 6.92 Å². The van der Waals surface area contributed by atoms with Crippen molar-refractivity contribution < 1.29 is 14.3 Å². The summed E-state index contributed by atoms with van der Waals surface area (Å²) in [6.45, 7) is 2.32. The van der Waals surface area contributed by atoms with Crippen molar-refractivity contribution in [3.05, 3.63) is 23.8 Å². The van der Waals surface area contributed by atoms with Gasteiger partial charge in [-0.25, -0.2) is 0 Å². The Hall–Kier alpha value is -1.79. The molecule has 1 saturated carbocycles. The molecular formula is C17H26ClN3O3. The molecule has 2 unspecified atom stereocenters. The Bertz CT molecular complexity index is 592. The van der Waals surface area contributed by atoms with Crippen LogP contribution in [-0.4, -0.2) is 43.5 Å². The van der Waals surface area contributed by atoms with Gasteiger partial charge in [-0.05, 0) is 44.4 Å². The van der Waals surface area contributed by atoms with Crippen molar-refractivity contribution in [2.75, 3.05) is 26.0 Å². The van der Waals surface area contributed by atoms with Gasteiger partial charge in [0.25, 0.3) is 5.91 Å². The molecule has 0 spiro atoms. The van der Waals surface area contributed by atoms with Gasteiger partial charge in [-0.3, -0.25) is 9.59 Å². The molecule has 1 fully saturated rings. The molecule has 2 amide bonds. The molecular weight excluding hydrogens is 330 g/mol. The van der Waals surface area contributed by atoms with Crippen LogP contribution in [0, 0.1) is 5.92 Å². The van der Waals surface area contributed by atoms with Crippen LogP contribution in [0.2, 0.25) is 0 Å². The van der Waals surface area contributed by atoms with Gasteiger partial charge in [-0.2, -0.15) is 0 Å². The fraction of sp³-hybridized carbons (Fsp3) is 0.529. The third-order valence-electron chi connectivity index (χ3n) is 4.04. The molecule has 6 nitrogen and oxygen atoms in total. The number of nitrogens with two attached hydrogens (primary N) is 1. The minimum Gasteiger partial charge on any atom is -0.492 e.